The molecule has 0 saturated heterocycles. The molecule has 0 aliphatic heterocycles. The Morgan fingerprint density at radius 2 is 1.92 bits per heavy atom. The molecule has 3 aromatic rings. The highest BCUT2D eigenvalue weighted by Gasteiger charge is 2.14. The Bertz CT molecular complexity index is 915. The molecule has 5 nitrogen and oxygen atoms in total. The van der Waals surface area contributed by atoms with Crippen LogP contribution in [-0.2, 0) is 24.0 Å². The van der Waals surface area contributed by atoms with E-state index < -0.39 is 0 Å². The van der Waals surface area contributed by atoms with Gasteiger partial charge < -0.3 is 9.88 Å². The van der Waals surface area contributed by atoms with E-state index in [1.165, 1.54) is 11.8 Å². The molecule has 0 atom stereocenters. The standard InChI is InChI=1S/C18H16Cl2N4OS/c1-24-16(10-17(25)21-14-5-3-2-4-6-14)22-23-18(24)26-11-12-7-8-13(19)9-15(12)20/h2-9H,10-11H2,1H3,(H,21,25). The van der Waals surface area contributed by atoms with Gasteiger partial charge >= 0.3 is 0 Å². The van der Waals surface area contributed by atoms with Gasteiger partial charge in [0, 0.05) is 28.5 Å². The van der Waals surface area contributed by atoms with Crippen molar-refractivity contribution in [2.75, 3.05) is 5.32 Å². The van der Waals surface area contributed by atoms with Crippen LogP contribution in [0.1, 0.15) is 11.4 Å². The topological polar surface area (TPSA) is 59.8 Å². The molecule has 0 unspecified atom stereocenters. The average molecular weight is 407 g/mol. The fourth-order valence-corrected chi connectivity index (χ4v) is 3.76. The fraction of sp³-hybridized carbons (Fsp3) is 0.167. The number of benzene rings is 2. The van der Waals surface area contributed by atoms with Gasteiger partial charge in [-0.2, -0.15) is 0 Å². The summed E-state index contributed by atoms with van der Waals surface area (Å²) in [5, 5.41) is 13.1. The van der Waals surface area contributed by atoms with Crippen molar-refractivity contribution in [2.24, 2.45) is 7.05 Å². The lowest BCUT2D eigenvalue weighted by Gasteiger charge is -2.06. The number of rotatable bonds is 6. The van der Waals surface area contributed by atoms with Crippen molar-refractivity contribution in [2.45, 2.75) is 17.3 Å². The predicted octanol–water partition coefficient (Wildman–Crippen LogP) is 4.60. The smallest absolute Gasteiger partial charge is 0.232 e. The van der Waals surface area contributed by atoms with E-state index >= 15 is 0 Å². The van der Waals surface area contributed by atoms with E-state index in [9.17, 15) is 4.79 Å². The van der Waals surface area contributed by atoms with Crippen molar-refractivity contribution in [3.63, 3.8) is 0 Å². The Morgan fingerprint density at radius 1 is 1.15 bits per heavy atom. The minimum atomic E-state index is -0.135. The van der Waals surface area contributed by atoms with Crippen molar-refractivity contribution in [1.29, 1.82) is 0 Å². The molecule has 0 fully saturated rings. The molecule has 0 saturated carbocycles. The van der Waals surface area contributed by atoms with Gasteiger partial charge in [-0.3, -0.25) is 4.79 Å². The molecule has 0 bridgehead atoms. The number of amides is 1. The van der Waals surface area contributed by atoms with Crippen LogP contribution in [0.2, 0.25) is 10.0 Å². The van der Waals surface area contributed by atoms with Crippen LogP contribution in [-0.4, -0.2) is 20.7 Å². The van der Waals surface area contributed by atoms with Crippen molar-refractivity contribution in [1.82, 2.24) is 14.8 Å². The van der Waals surface area contributed by atoms with E-state index in [1.54, 1.807) is 12.1 Å². The van der Waals surface area contributed by atoms with Crippen molar-refractivity contribution >= 4 is 46.6 Å². The van der Waals surface area contributed by atoms with Gasteiger partial charge in [0.1, 0.15) is 5.82 Å². The number of nitrogens with one attached hydrogen (secondary N) is 1. The summed E-state index contributed by atoms with van der Waals surface area (Å²) in [5.41, 5.74) is 1.72. The third kappa shape index (κ3) is 4.78. The lowest BCUT2D eigenvalue weighted by atomic mass is 10.2. The molecular formula is C18H16Cl2N4OS. The minimum absolute atomic E-state index is 0.135. The largest absolute Gasteiger partial charge is 0.326 e. The van der Waals surface area contributed by atoms with E-state index in [4.69, 9.17) is 23.2 Å². The number of nitrogens with zero attached hydrogens (tertiary/aromatic N) is 3. The number of para-hydroxylation sites is 1. The number of aromatic nitrogens is 3. The molecule has 1 aromatic heterocycles. The minimum Gasteiger partial charge on any atom is -0.326 e. The van der Waals surface area contributed by atoms with Crippen molar-refractivity contribution in [3.05, 3.63) is 70.0 Å². The normalized spacial score (nSPS) is 10.7. The highest BCUT2D eigenvalue weighted by molar-refractivity contribution is 7.98. The van der Waals surface area contributed by atoms with E-state index in [1.807, 2.05) is 48.0 Å². The number of hydrogen-bond acceptors (Lipinski definition) is 4. The Kier molecular flexibility index (Phi) is 6.19. The summed E-state index contributed by atoms with van der Waals surface area (Å²) in [7, 11) is 1.84. The van der Waals surface area contributed by atoms with Crippen LogP contribution in [0, 0.1) is 0 Å². The number of halogens is 2. The monoisotopic (exact) mass is 406 g/mol. The molecule has 1 amide bonds. The summed E-state index contributed by atoms with van der Waals surface area (Å²) in [5.74, 6) is 1.10. The number of carbonyl (C=O) groups excluding carboxylic acids is 1. The summed E-state index contributed by atoms with van der Waals surface area (Å²) in [6, 6.07) is 14.7. The molecule has 0 spiro atoms. The number of hydrogen-bond donors (Lipinski definition) is 1. The number of anilines is 1. The first-order chi connectivity index (χ1) is 12.5. The maximum Gasteiger partial charge on any atom is 0.232 e. The molecule has 1 heterocycles. The molecule has 134 valence electrons. The van der Waals surface area contributed by atoms with Gasteiger partial charge in [-0.05, 0) is 29.8 Å². The molecule has 26 heavy (non-hydrogen) atoms. The molecule has 0 aliphatic rings. The second-order valence-corrected chi connectivity index (χ2v) is 7.36. The van der Waals surface area contributed by atoms with Crippen LogP contribution in [0.15, 0.2) is 53.7 Å². The van der Waals surface area contributed by atoms with Crippen LogP contribution in [0.4, 0.5) is 5.69 Å². The zero-order valence-electron chi connectivity index (χ0n) is 13.9. The summed E-state index contributed by atoms with van der Waals surface area (Å²) in [6.45, 7) is 0. The van der Waals surface area contributed by atoms with E-state index in [0.29, 0.717) is 21.6 Å². The Morgan fingerprint density at radius 3 is 2.65 bits per heavy atom. The summed E-state index contributed by atoms with van der Waals surface area (Å²) in [6.07, 6.45) is 0.153. The summed E-state index contributed by atoms with van der Waals surface area (Å²) < 4.78 is 1.82. The van der Waals surface area contributed by atoms with Gasteiger partial charge in [0.15, 0.2) is 5.16 Å². The molecule has 2 aromatic carbocycles. The predicted molar refractivity (Wildman–Crippen MR) is 106 cm³/mol. The van der Waals surface area contributed by atoms with Gasteiger partial charge in [0.2, 0.25) is 5.91 Å². The zero-order valence-corrected chi connectivity index (χ0v) is 16.3. The second-order valence-electron chi connectivity index (χ2n) is 5.57. The van der Waals surface area contributed by atoms with Crippen LogP contribution < -0.4 is 5.32 Å². The highest BCUT2D eigenvalue weighted by Crippen LogP contribution is 2.27. The Hall–Kier alpha value is -2.02. The quantitative estimate of drug-likeness (QED) is 0.607. The number of thioether (sulfide) groups is 1. The molecule has 1 N–H and O–H groups in total. The van der Waals surface area contributed by atoms with Crippen molar-refractivity contribution in [3.8, 4) is 0 Å². The van der Waals surface area contributed by atoms with Crippen LogP contribution >= 0.6 is 35.0 Å². The Labute approximate surface area is 165 Å². The number of carbonyl (C=O) groups is 1. The molecule has 3 rings (SSSR count). The maximum atomic E-state index is 12.2. The van der Waals surface area contributed by atoms with Gasteiger partial charge in [0.25, 0.3) is 0 Å². The van der Waals surface area contributed by atoms with Crippen molar-refractivity contribution < 1.29 is 4.79 Å². The Balaban J connectivity index is 1.61. The van der Waals surface area contributed by atoms with Gasteiger partial charge in [0.05, 0.1) is 6.42 Å². The van der Waals surface area contributed by atoms with E-state index in [2.05, 4.69) is 15.5 Å². The molecule has 8 heteroatoms. The first-order valence-electron chi connectivity index (χ1n) is 7.83. The lowest BCUT2D eigenvalue weighted by molar-refractivity contribution is -0.115. The van der Waals surface area contributed by atoms with Gasteiger partial charge in [-0.15, -0.1) is 10.2 Å². The molecule has 0 aliphatic carbocycles. The van der Waals surface area contributed by atoms with E-state index in [0.717, 1.165) is 16.4 Å². The van der Waals surface area contributed by atoms with Crippen LogP contribution in [0.5, 0.6) is 0 Å². The summed E-state index contributed by atoms with van der Waals surface area (Å²) >= 11 is 13.6. The average Bonchev–Trinajstić information content (AvgIpc) is 2.95. The SMILES string of the molecule is Cn1c(CC(=O)Nc2ccccc2)nnc1SCc1ccc(Cl)cc1Cl. The third-order valence-corrected chi connectivity index (χ3v) is 5.33. The fourth-order valence-electron chi connectivity index (χ4n) is 2.28. The zero-order chi connectivity index (χ0) is 18.5. The maximum absolute atomic E-state index is 12.2. The van der Waals surface area contributed by atoms with Crippen LogP contribution in [0.25, 0.3) is 0 Å². The molecule has 0 radical (unpaired) electrons. The second kappa shape index (κ2) is 8.58. The summed E-state index contributed by atoms with van der Waals surface area (Å²) in [4.78, 5) is 12.2. The van der Waals surface area contributed by atoms with Gasteiger partial charge in [-0.25, -0.2) is 0 Å². The first-order valence-corrected chi connectivity index (χ1v) is 9.57. The van der Waals surface area contributed by atoms with E-state index in [-0.39, 0.29) is 12.3 Å². The highest BCUT2D eigenvalue weighted by atomic mass is 35.5. The third-order valence-electron chi connectivity index (χ3n) is 3.67. The lowest BCUT2D eigenvalue weighted by Crippen LogP contribution is -2.16. The first kappa shape index (κ1) is 18.8. The van der Waals surface area contributed by atoms with Crippen LogP contribution in [0.3, 0.4) is 0 Å². The van der Waals surface area contributed by atoms with Gasteiger partial charge in [-0.1, -0.05) is 59.2 Å². The molecular weight excluding hydrogens is 391 g/mol.